The molecule has 6 N–H and O–H groups in total. The van der Waals surface area contributed by atoms with E-state index in [0.29, 0.717) is 36.8 Å². The van der Waals surface area contributed by atoms with Gasteiger partial charge in [0.1, 0.15) is 12.0 Å². The molecule has 22 heavy (non-hydrogen) atoms. The molecule has 0 amide bonds. The van der Waals surface area contributed by atoms with E-state index in [1.54, 1.807) is 18.2 Å². The van der Waals surface area contributed by atoms with Gasteiger partial charge in [-0.05, 0) is 29.8 Å². The van der Waals surface area contributed by atoms with Crippen molar-refractivity contribution in [1.29, 1.82) is 0 Å². The number of nitrogen functional groups attached to an aromatic ring is 2. The Kier molecular flexibility index (Phi) is 5.10. The van der Waals surface area contributed by atoms with Crippen LogP contribution in [0.4, 0.5) is 22.9 Å². The summed E-state index contributed by atoms with van der Waals surface area (Å²) in [6, 6.07) is 8.38. The lowest BCUT2D eigenvalue weighted by atomic mass is 10.1. The third-order valence-corrected chi connectivity index (χ3v) is 3.05. The van der Waals surface area contributed by atoms with Crippen LogP contribution in [-0.4, -0.2) is 23.0 Å². The molecular formula is C14H18N6O2. The van der Waals surface area contributed by atoms with Crippen LogP contribution in [0.15, 0.2) is 36.5 Å². The number of anilines is 3. The largest absolute Gasteiger partial charge is 0.399 e. The minimum absolute atomic E-state index is 0.0270. The molecule has 2 aromatic rings. The quantitative estimate of drug-likeness (QED) is 0.263. The molecule has 0 radical (unpaired) electrons. The first-order valence-electron chi connectivity index (χ1n) is 6.75. The molecule has 8 nitrogen and oxygen atoms in total. The van der Waals surface area contributed by atoms with E-state index < -0.39 is 4.92 Å². The summed E-state index contributed by atoms with van der Waals surface area (Å²) >= 11 is 0. The van der Waals surface area contributed by atoms with E-state index in [1.807, 2.05) is 6.07 Å². The number of nitrogens with two attached hydrogens (primary N) is 2. The van der Waals surface area contributed by atoms with E-state index in [2.05, 4.69) is 15.6 Å². The molecule has 0 bridgehead atoms. The monoisotopic (exact) mass is 302 g/mol. The Morgan fingerprint density at radius 1 is 1.18 bits per heavy atom. The number of pyridine rings is 1. The second-order valence-electron chi connectivity index (χ2n) is 4.72. The van der Waals surface area contributed by atoms with Crippen LogP contribution in [-0.2, 0) is 6.54 Å². The lowest BCUT2D eigenvalue weighted by Gasteiger charge is -2.09. The molecule has 1 aromatic heterocycles. The predicted molar refractivity (Wildman–Crippen MR) is 86.4 cm³/mol. The molecule has 0 fully saturated rings. The third-order valence-electron chi connectivity index (χ3n) is 3.05. The number of nitrogens with one attached hydrogen (secondary N) is 2. The number of nitro groups is 1. The highest BCUT2D eigenvalue weighted by Gasteiger charge is 2.04. The molecule has 0 aliphatic rings. The molecule has 0 atom stereocenters. The topological polar surface area (TPSA) is 132 Å². The highest BCUT2D eigenvalue weighted by Crippen LogP contribution is 2.15. The Morgan fingerprint density at radius 2 is 2.00 bits per heavy atom. The van der Waals surface area contributed by atoms with Crippen LogP contribution in [0, 0.1) is 10.1 Å². The van der Waals surface area contributed by atoms with Gasteiger partial charge in [-0.25, -0.2) is 4.98 Å². The maximum Gasteiger partial charge on any atom is 0.287 e. The normalized spacial score (nSPS) is 10.4. The van der Waals surface area contributed by atoms with Crippen molar-refractivity contribution in [3.8, 4) is 0 Å². The van der Waals surface area contributed by atoms with Gasteiger partial charge in [0.15, 0.2) is 0 Å². The van der Waals surface area contributed by atoms with Gasteiger partial charge in [0.25, 0.3) is 5.69 Å². The zero-order valence-electron chi connectivity index (χ0n) is 12.0. The Balaban J connectivity index is 1.73. The van der Waals surface area contributed by atoms with Crippen LogP contribution in [0.5, 0.6) is 0 Å². The van der Waals surface area contributed by atoms with E-state index in [4.69, 9.17) is 11.5 Å². The highest BCUT2D eigenvalue weighted by molar-refractivity contribution is 5.55. The fourth-order valence-corrected chi connectivity index (χ4v) is 1.88. The first kappa shape index (κ1) is 15.5. The maximum absolute atomic E-state index is 10.5. The summed E-state index contributed by atoms with van der Waals surface area (Å²) in [5.41, 5.74) is 13.9. The fourth-order valence-electron chi connectivity index (χ4n) is 1.88. The van der Waals surface area contributed by atoms with E-state index in [0.717, 1.165) is 5.56 Å². The second-order valence-corrected chi connectivity index (χ2v) is 4.72. The minimum Gasteiger partial charge on any atom is -0.399 e. The number of nitrogens with zero attached hydrogens (tertiary/aromatic N) is 2. The molecule has 0 aliphatic carbocycles. The van der Waals surface area contributed by atoms with Crippen molar-refractivity contribution in [1.82, 2.24) is 10.3 Å². The summed E-state index contributed by atoms with van der Waals surface area (Å²) in [6.07, 6.45) is 1.23. The minimum atomic E-state index is -0.478. The average molecular weight is 302 g/mol. The predicted octanol–water partition coefficient (Wildman–Crippen LogP) is 1.36. The van der Waals surface area contributed by atoms with Crippen molar-refractivity contribution in [2.24, 2.45) is 0 Å². The van der Waals surface area contributed by atoms with Crippen LogP contribution in [0.25, 0.3) is 0 Å². The summed E-state index contributed by atoms with van der Waals surface area (Å²) in [6.45, 7) is 1.94. The average Bonchev–Trinajstić information content (AvgIpc) is 2.50. The number of hydrogen-bond donors (Lipinski definition) is 4. The van der Waals surface area contributed by atoms with Gasteiger partial charge >= 0.3 is 0 Å². The standard InChI is InChI=1S/C14H18N6O2/c15-11-1-3-13(16)10(7-11)8-17-5-6-18-14-4-2-12(9-19-14)20(21)22/h1-4,7,9,17H,5-6,8,15-16H2,(H,18,19). The van der Waals surface area contributed by atoms with E-state index in [9.17, 15) is 10.1 Å². The molecule has 1 heterocycles. The molecule has 1 aromatic carbocycles. The number of rotatable bonds is 7. The molecule has 8 heteroatoms. The van der Waals surface area contributed by atoms with Gasteiger partial charge in [0, 0.05) is 37.1 Å². The van der Waals surface area contributed by atoms with Gasteiger partial charge in [0.05, 0.1) is 4.92 Å². The smallest absolute Gasteiger partial charge is 0.287 e. The number of benzene rings is 1. The Hall–Kier alpha value is -2.87. The van der Waals surface area contributed by atoms with E-state index >= 15 is 0 Å². The van der Waals surface area contributed by atoms with E-state index in [-0.39, 0.29) is 5.69 Å². The molecule has 0 unspecified atom stereocenters. The molecule has 116 valence electrons. The zero-order valence-corrected chi connectivity index (χ0v) is 12.0. The Bertz CT molecular complexity index is 644. The van der Waals surface area contributed by atoms with Crippen LogP contribution >= 0.6 is 0 Å². The zero-order chi connectivity index (χ0) is 15.9. The van der Waals surface area contributed by atoms with Crippen LogP contribution < -0.4 is 22.1 Å². The van der Waals surface area contributed by atoms with Gasteiger partial charge in [0.2, 0.25) is 0 Å². The fraction of sp³-hybridized carbons (Fsp3) is 0.214. The molecule has 2 rings (SSSR count). The number of aromatic nitrogens is 1. The Morgan fingerprint density at radius 3 is 2.68 bits per heavy atom. The third kappa shape index (κ3) is 4.32. The van der Waals surface area contributed by atoms with Gasteiger partial charge in [-0.3, -0.25) is 10.1 Å². The summed E-state index contributed by atoms with van der Waals surface area (Å²) in [5, 5.41) is 16.8. The molecule has 0 saturated carbocycles. The molecular weight excluding hydrogens is 284 g/mol. The lowest BCUT2D eigenvalue weighted by molar-refractivity contribution is -0.385. The first-order valence-corrected chi connectivity index (χ1v) is 6.75. The highest BCUT2D eigenvalue weighted by atomic mass is 16.6. The Labute approximate surface area is 127 Å². The van der Waals surface area contributed by atoms with Crippen molar-refractivity contribution < 1.29 is 4.92 Å². The number of hydrogen-bond acceptors (Lipinski definition) is 7. The van der Waals surface area contributed by atoms with Crippen LogP contribution in [0.1, 0.15) is 5.56 Å². The SMILES string of the molecule is Nc1ccc(N)c(CNCCNc2ccc([N+](=O)[O-])cn2)c1. The summed E-state index contributed by atoms with van der Waals surface area (Å²) < 4.78 is 0. The van der Waals surface area contributed by atoms with Crippen molar-refractivity contribution in [2.75, 3.05) is 29.9 Å². The molecule has 0 saturated heterocycles. The summed E-state index contributed by atoms with van der Waals surface area (Å²) in [7, 11) is 0. The van der Waals surface area contributed by atoms with Crippen molar-refractivity contribution in [3.63, 3.8) is 0 Å². The molecule has 0 aliphatic heterocycles. The van der Waals surface area contributed by atoms with Crippen LogP contribution in [0.3, 0.4) is 0 Å². The van der Waals surface area contributed by atoms with Gasteiger partial charge in [-0.2, -0.15) is 0 Å². The van der Waals surface area contributed by atoms with Gasteiger partial charge in [-0.15, -0.1) is 0 Å². The van der Waals surface area contributed by atoms with Gasteiger partial charge < -0.3 is 22.1 Å². The second kappa shape index (κ2) is 7.23. The van der Waals surface area contributed by atoms with Crippen molar-refractivity contribution in [2.45, 2.75) is 6.54 Å². The lowest BCUT2D eigenvalue weighted by Crippen LogP contribution is -2.22. The van der Waals surface area contributed by atoms with Crippen LogP contribution in [0.2, 0.25) is 0 Å². The van der Waals surface area contributed by atoms with Crippen molar-refractivity contribution in [3.05, 3.63) is 52.2 Å². The summed E-state index contributed by atoms with van der Waals surface area (Å²) in [4.78, 5) is 14.0. The summed E-state index contributed by atoms with van der Waals surface area (Å²) in [5.74, 6) is 0.593. The van der Waals surface area contributed by atoms with E-state index in [1.165, 1.54) is 12.3 Å². The first-order chi connectivity index (χ1) is 10.6. The van der Waals surface area contributed by atoms with Gasteiger partial charge in [-0.1, -0.05) is 0 Å². The molecule has 0 spiro atoms. The maximum atomic E-state index is 10.5. The van der Waals surface area contributed by atoms with Crippen molar-refractivity contribution >= 4 is 22.9 Å².